The van der Waals surface area contributed by atoms with Crippen LogP contribution in [0.4, 0.5) is 0 Å². The minimum Gasteiger partial charge on any atom is -0.462 e. The summed E-state index contributed by atoms with van der Waals surface area (Å²) in [7, 11) is 0. The Balaban J connectivity index is 4.11. The molecule has 6 heteroatoms. The molecular weight excluding hydrogens is 877 g/mol. The molecule has 0 rings (SSSR count). The molecule has 0 saturated carbocycles. The SMILES string of the molecule is CC/C=C\C/C=C\C/C=C\C/C=C\CCCCCCCCCCCCCCCCCCC(=O)OCC(COC(=O)CCCCCCCCCCCCC)OC(=O)CCCCCCCCCCCCCCC. The van der Waals surface area contributed by atoms with Crippen LogP contribution in [-0.4, -0.2) is 37.2 Å². The van der Waals surface area contributed by atoms with Gasteiger partial charge >= 0.3 is 17.9 Å². The lowest BCUT2D eigenvalue weighted by Crippen LogP contribution is -2.30. The van der Waals surface area contributed by atoms with E-state index in [1.54, 1.807) is 0 Å². The summed E-state index contributed by atoms with van der Waals surface area (Å²) in [5, 5.41) is 0. The highest BCUT2D eigenvalue weighted by Gasteiger charge is 2.19. The first kappa shape index (κ1) is 68.4. The van der Waals surface area contributed by atoms with Crippen molar-refractivity contribution in [1.82, 2.24) is 0 Å². The molecule has 0 heterocycles. The molecule has 0 saturated heterocycles. The number of carbonyl (C=O) groups excluding carboxylic acids is 3. The van der Waals surface area contributed by atoms with Gasteiger partial charge in [-0.25, -0.2) is 0 Å². The van der Waals surface area contributed by atoms with Gasteiger partial charge in [-0.3, -0.25) is 14.4 Å². The van der Waals surface area contributed by atoms with Gasteiger partial charge in [0.1, 0.15) is 13.2 Å². The number of ether oxygens (including phenoxy) is 3. The van der Waals surface area contributed by atoms with Crippen molar-refractivity contribution in [3.8, 4) is 0 Å². The number of carbonyl (C=O) groups is 3. The van der Waals surface area contributed by atoms with Crippen LogP contribution in [0.2, 0.25) is 0 Å². The first-order valence-corrected chi connectivity index (χ1v) is 31.1. The molecule has 0 aliphatic heterocycles. The molecule has 0 aromatic heterocycles. The Morgan fingerprint density at radius 2 is 0.549 bits per heavy atom. The zero-order valence-corrected chi connectivity index (χ0v) is 47.5. The Morgan fingerprint density at radius 3 is 0.859 bits per heavy atom. The average molecular weight is 996 g/mol. The molecule has 0 radical (unpaired) electrons. The van der Waals surface area contributed by atoms with Gasteiger partial charge in [0, 0.05) is 19.3 Å². The maximum Gasteiger partial charge on any atom is 0.306 e. The molecule has 0 aliphatic rings. The summed E-state index contributed by atoms with van der Waals surface area (Å²) < 4.78 is 16.9. The quantitative estimate of drug-likeness (QED) is 0.0261. The Kier molecular flexibility index (Phi) is 57.7. The second kappa shape index (κ2) is 59.9. The Hall–Kier alpha value is -2.63. The highest BCUT2D eigenvalue weighted by molar-refractivity contribution is 5.71. The second-order valence-corrected chi connectivity index (χ2v) is 21.0. The summed E-state index contributed by atoms with van der Waals surface area (Å²) in [6.07, 6.45) is 74.1. The fourth-order valence-corrected chi connectivity index (χ4v) is 9.20. The highest BCUT2D eigenvalue weighted by Crippen LogP contribution is 2.17. The largest absolute Gasteiger partial charge is 0.462 e. The standard InChI is InChI=1S/C65H118O6/c1-4-7-10-13-16-19-22-24-25-26-27-28-29-30-31-32-33-34-35-36-37-38-39-41-43-46-49-52-55-58-64(67)70-61-62(60-69-63(66)57-54-51-48-45-42-21-18-15-12-9-6-3)71-65(68)59-56-53-50-47-44-40-23-20-17-14-11-8-5-2/h7,10,16,19,24-25,27-28,62H,4-6,8-9,11-15,17-18,20-23,26,29-61H2,1-3H3/b10-7-,19-16-,25-24-,28-27-. The molecule has 0 N–H and O–H groups in total. The van der Waals surface area contributed by atoms with Crippen LogP contribution in [-0.2, 0) is 28.6 Å². The molecule has 0 aliphatic carbocycles. The number of rotatable bonds is 57. The molecule has 0 fully saturated rings. The number of unbranched alkanes of at least 4 members (excludes halogenated alkanes) is 38. The van der Waals surface area contributed by atoms with E-state index in [0.717, 1.165) is 83.5 Å². The predicted molar refractivity (Wildman–Crippen MR) is 307 cm³/mol. The van der Waals surface area contributed by atoms with Gasteiger partial charge in [-0.15, -0.1) is 0 Å². The predicted octanol–water partition coefficient (Wildman–Crippen LogP) is 21.0. The fourth-order valence-electron chi connectivity index (χ4n) is 9.20. The molecule has 0 bridgehead atoms. The molecule has 0 amide bonds. The highest BCUT2D eigenvalue weighted by atomic mass is 16.6. The van der Waals surface area contributed by atoms with Crippen molar-refractivity contribution in [1.29, 1.82) is 0 Å². The molecule has 0 spiro atoms. The third-order valence-corrected chi connectivity index (χ3v) is 13.8. The summed E-state index contributed by atoms with van der Waals surface area (Å²) in [6.45, 7) is 6.56. The first-order valence-electron chi connectivity index (χ1n) is 31.1. The fraction of sp³-hybridized carbons (Fsp3) is 0.831. The molecule has 71 heavy (non-hydrogen) atoms. The van der Waals surface area contributed by atoms with Gasteiger partial charge < -0.3 is 14.2 Å². The van der Waals surface area contributed by atoms with Gasteiger partial charge in [-0.05, 0) is 57.8 Å². The van der Waals surface area contributed by atoms with E-state index in [1.807, 2.05) is 0 Å². The molecule has 414 valence electrons. The summed E-state index contributed by atoms with van der Waals surface area (Å²) in [4.78, 5) is 38.1. The van der Waals surface area contributed by atoms with Crippen LogP contribution in [0.5, 0.6) is 0 Å². The smallest absolute Gasteiger partial charge is 0.306 e. The van der Waals surface area contributed by atoms with Crippen molar-refractivity contribution in [2.24, 2.45) is 0 Å². The van der Waals surface area contributed by atoms with Gasteiger partial charge in [0.2, 0.25) is 0 Å². The van der Waals surface area contributed by atoms with E-state index in [0.29, 0.717) is 19.3 Å². The van der Waals surface area contributed by atoms with E-state index in [-0.39, 0.29) is 31.1 Å². The van der Waals surface area contributed by atoms with Crippen LogP contribution < -0.4 is 0 Å². The average Bonchev–Trinajstić information content (AvgIpc) is 3.37. The van der Waals surface area contributed by atoms with Gasteiger partial charge in [-0.1, -0.05) is 301 Å². The lowest BCUT2D eigenvalue weighted by molar-refractivity contribution is -0.167. The molecule has 1 unspecified atom stereocenters. The third-order valence-electron chi connectivity index (χ3n) is 13.8. The summed E-state index contributed by atoms with van der Waals surface area (Å²) in [6, 6.07) is 0. The number of hydrogen-bond donors (Lipinski definition) is 0. The third kappa shape index (κ3) is 58.1. The summed E-state index contributed by atoms with van der Waals surface area (Å²) in [5.74, 6) is -0.847. The minimum atomic E-state index is -0.766. The Morgan fingerprint density at radius 1 is 0.296 bits per heavy atom. The Bertz CT molecular complexity index is 1230. The van der Waals surface area contributed by atoms with Gasteiger partial charge in [-0.2, -0.15) is 0 Å². The van der Waals surface area contributed by atoms with Crippen molar-refractivity contribution in [3.63, 3.8) is 0 Å². The van der Waals surface area contributed by atoms with E-state index in [2.05, 4.69) is 69.4 Å². The number of hydrogen-bond acceptors (Lipinski definition) is 6. The van der Waals surface area contributed by atoms with Gasteiger partial charge in [0.15, 0.2) is 6.10 Å². The molecule has 0 aromatic rings. The van der Waals surface area contributed by atoms with E-state index in [1.165, 1.54) is 205 Å². The van der Waals surface area contributed by atoms with Crippen LogP contribution in [0.1, 0.15) is 329 Å². The van der Waals surface area contributed by atoms with Crippen molar-refractivity contribution in [2.75, 3.05) is 13.2 Å². The normalized spacial score (nSPS) is 12.3. The molecular formula is C65H118O6. The first-order chi connectivity index (χ1) is 35.0. The van der Waals surface area contributed by atoms with Crippen LogP contribution >= 0.6 is 0 Å². The van der Waals surface area contributed by atoms with Crippen LogP contribution in [0.25, 0.3) is 0 Å². The number of allylic oxidation sites excluding steroid dienone is 8. The lowest BCUT2D eigenvalue weighted by atomic mass is 10.0. The van der Waals surface area contributed by atoms with Crippen molar-refractivity contribution >= 4 is 17.9 Å². The number of esters is 3. The molecule has 1 atom stereocenters. The van der Waals surface area contributed by atoms with Crippen molar-refractivity contribution in [2.45, 2.75) is 335 Å². The maximum absolute atomic E-state index is 12.8. The van der Waals surface area contributed by atoms with E-state index < -0.39 is 6.10 Å². The topological polar surface area (TPSA) is 78.9 Å². The zero-order valence-electron chi connectivity index (χ0n) is 47.5. The zero-order chi connectivity index (χ0) is 51.4. The molecule has 0 aromatic carbocycles. The van der Waals surface area contributed by atoms with E-state index in [9.17, 15) is 14.4 Å². The van der Waals surface area contributed by atoms with E-state index in [4.69, 9.17) is 14.2 Å². The van der Waals surface area contributed by atoms with Crippen LogP contribution in [0.15, 0.2) is 48.6 Å². The van der Waals surface area contributed by atoms with Crippen molar-refractivity contribution < 1.29 is 28.6 Å². The monoisotopic (exact) mass is 995 g/mol. The molecule has 6 nitrogen and oxygen atoms in total. The van der Waals surface area contributed by atoms with E-state index >= 15 is 0 Å². The van der Waals surface area contributed by atoms with Crippen LogP contribution in [0.3, 0.4) is 0 Å². The van der Waals surface area contributed by atoms with Crippen molar-refractivity contribution in [3.05, 3.63) is 48.6 Å². The van der Waals surface area contributed by atoms with Gasteiger partial charge in [0.25, 0.3) is 0 Å². The summed E-state index contributed by atoms with van der Waals surface area (Å²) in [5.41, 5.74) is 0. The Labute approximate surface area is 441 Å². The lowest BCUT2D eigenvalue weighted by Gasteiger charge is -2.18. The van der Waals surface area contributed by atoms with Crippen LogP contribution in [0, 0.1) is 0 Å². The van der Waals surface area contributed by atoms with Gasteiger partial charge in [0.05, 0.1) is 0 Å². The summed E-state index contributed by atoms with van der Waals surface area (Å²) >= 11 is 0. The second-order valence-electron chi connectivity index (χ2n) is 21.0. The maximum atomic E-state index is 12.8. The minimum absolute atomic E-state index is 0.0664.